The van der Waals surface area contributed by atoms with Gasteiger partial charge in [0.1, 0.15) is 5.60 Å². The third-order valence-electron chi connectivity index (χ3n) is 6.36. The maximum Gasteiger partial charge on any atom is 0.310 e. The van der Waals surface area contributed by atoms with Crippen LogP contribution in [0.2, 0.25) is 0 Å². The van der Waals surface area contributed by atoms with Crippen LogP contribution in [-0.4, -0.2) is 11.6 Å². The standard InChI is InChI=1S/C21H40O2/c1-8-19(3,4)16-17(20(5,6)9-2)18(22)23-21(7)14-12-10-11-13-15-21/h17H,8-16H2,1-7H3. The van der Waals surface area contributed by atoms with Crippen LogP contribution in [0.1, 0.15) is 106 Å². The molecule has 0 aromatic carbocycles. The third kappa shape index (κ3) is 6.12. The lowest BCUT2D eigenvalue weighted by Gasteiger charge is -2.39. The Morgan fingerprint density at radius 3 is 1.96 bits per heavy atom. The first-order valence-electron chi connectivity index (χ1n) is 9.78. The topological polar surface area (TPSA) is 26.3 Å². The lowest BCUT2D eigenvalue weighted by molar-refractivity contribution is -0.170. The number of hydrogen-bond donors (Lipinski definition) is 0. The number of esters is 1. The molecule has 0 spiro atoms. The zero-order valence-corrected chi connectivity index (χ0v) is 16.8. The minimum atomic E-state index is -0.244. The molecule has 2 nitrogen and oxygen atoms in total. The van der Waals surface area contributed by atoms with E-state index in [0.717, 1.165) is 32.1 Å². The number of ether oxygens (including phenoxy) is 1. The predicted molar refractivity (Wildman–Crippen MR) is 98.5 cm³/mol. The van der Waals surface area contributed by atoms with Crippen LogP contribution in [0.3, 0.4) is 0 Å². The van der Waals surface area contributed by atoms with E-state index in [-0.39, 0.29) is 28.3 Å². The first-order chi connectivity index (χ1) is 10.6. The van der Waals surface area contributed by atoms with E-state index in [2.05, 4.69) is 48.5 Å². The average molecular weight is 325 g/mol. The van der Waals surface area contributed by atoms with Crippen molar-refractivity contribution in [3.63, 3.8) is 0 Å². The van der Waals surface area contributed by atoms with Gasteiger partial charge < -0.3 is 4.74 Å². The molecule has 1 rings (SSSR count). The predicted octanol–water partition coefficient (Wildman–Crippen LogP) is 6.52. The Morgan fingerprint density at radius 1 is 1.00 bits per heavy atom. The van der Waals surface area contributed by atoms with Crippen molar-refractivity contribution < 1.29 is 9.53 Å². The Hall–Kier alpha value is -0.530. The van der Waals surface area contributed by atoms with Crippen LogP contribution >= 0.6 is 0 Å². The van der Waals surface area contributed by atoms with Crippen molar-refractivity contribution in [3.8, 4) is 0 Å². The second-order valence-electron chi connectivity index (χ2n) is 9.40. The molecule has 1 fully saturated rings. The van der Waals surface area contributed by atoms with Gasteiger partial charge in [0.25, 0.3) is 0 Å². The molecule has 1 unspecified atom stereocenters. The van der Waals surface area contributed by atoms with Crippen LogP contribution < -0.4 is 0 Å². The summed E-state index contributed by atoms with van der Waals surface area (Å²) >= 11 is 0. The van der Waals surface area contributed by atoms with E-state index in [9.17, 15) is 4.79 Å². The lowest BCUT2D eigenvalue weighted by atomic mass is 9.68. The fraction of sp³-hybridized carbons (Fsp3) is 0.952. The van der Waals surface area contributed by atoms with Gasteiger partial charge in [0.05, 0.1) is 5.92 Å². The maximum atomic E-state index is 13.1. The van der Waals surface area contributed by atoms with E-state index in [0.29, 0.717) is 0 Å². The van der Waals surface area contributed by atoms with Crippen molar-refractivity contribution in [1.29, 1.82) is 0 Å². The largest absolute Gasteiger partial charge is 0.459 e. The molecule has 0 aromatic rings. The zero-order chi connectivity index (χ0) is 17.7. The van der Waals surface area contributed by atoms with Gasteiger partial charge in [-0.1, -0.05) is 67.2 Å². The zero-order valence-electron chi connectivity index (χ0n) is 16.8. The van der Waals surface area contributed by atoms with Crippen molar-refractivity contribution in [2.75, 3.05) is 0 Å². The molecule has 0 heterocycles. The molecule has 0 N–H and O–H groups in total. The molecule has 1 atom stereocenters. The Labute approximate surface area is 144 Å². The van der Waals surface area contributed by atoms with Gasteiger partial charge in [0.2, 0.25) is 0 Å². The molecular weight excluding hydrogens is 284 g/mol. The first-order valence-corrected chi connectivity index (χ1v) is 9.78. The van der Waals surface area contributed by atoms with Crippen LogP contribution in [-0.2, 0) is 9.53 Å². The van der Waals surface area contributed by atoms with Gasteiger partial charge in [-0.3, -0.25) is 4.79 Å². The van der Waals surface area contributed by atoms with E-state index in [4.69, 9.17) is 4.74 Å². The Kier molecular flexibility index (Phi) is 7.16. The van der Waals surface area contributed by atoms with Gasteiger partial charge in [0.15, 0.2) is 0 Å². The molecule has 0 aliphatic heterocycles. The number of hydrogen-bond acceptors (Lipinski definition) is 2. The second kappa shape index (κ2) is 8.03. The van der Waals surface area contributed by atoms with E-state index in [1.807, 2.05) is 0 Å². The highest BCUT2D eigenvalue weighted by Crippen LogP contribution is 2.42. The Bertz CT molecular complexity index is 373. The molecule has 2 heteroatoms. The van der Waals surface area contributed by atoms with Crippen LogP contribution in [0.25, 0.3) is 0 Å². The summed E-state index contributed by atoms with van der Waals surface area (Å²) in [5, 5.41) is 0. The van der Waals surface area contributed by atoms with Gasteiger partial charge in [-0.25, -0.2) is 0 Å². The van der Waals surface area contributed by atoms with E-state index >= 15 is 0 Å². The fourth-order valence-electron chi connectivity index (χ4n) is 3.51. The molecule has 23 heavy (non-hydrogen) atoms. The highest BCUT2D eigenvalue weighted by molar-refractivity contribution is 5.74. The van der Waals surface area contributed by atoms with Crippen molar-refractivity contribution in [2.24, 2.45) is 16.7 Å². The normalized spacial score (nSPS) is 20.7. The lowest BCUT2D eigenvalue weighted by Crippen LogP contribution is -2.40. The molecule has 136 valence electrons. The fourth-order valence-corrected chi connectivity index (χ4v) is 3.51. The molecule has 0 saturated heterocycles. The first kappa shape index (κ1) is 20.5. The number of carbonyl (C=O) groups excluding carboxylic acids is 1. The Morgan fingerprint density at radius 2 is 1.52 bits per heavy atom. The highest BCUT2D eigenvalue weighted by atomic mass is 16.6. The van der Waals surface area contributed by atoms with E-state index in [1.165, 1.54) is 25.7 Å². The summed E-state index contributed by atoms with van der Waals surface area (Å²) in [5.74, 6) is 0.0327. The van der Waals surface area contributed by atoms with Crippen molar-refractivity contribution in [3.05, 3.63) is 0 Å². The van der Waals surface area contributed by atoms with Crippen molar-refractivity contribution in [1.82, 2.24) is 0 Å². The van der Waals surface area contributed by atoms with Crippen molar-refractivity contribution in [2.45, 2.75) is 112 Å². The van der Waals surface area contributed by atoms with Gasteiger partial charge in [-0.15, -0.1) is 0 Å². The SMILES string of the molecule is CCC(C)(C)CC(C(=O)OC1(C)CCCCCC1)C(C)(C)CC. The van der Waals surface area contributed by atoms with Gasteiger partial charge >= 0.3 is 5.97 Å². The summed E-state index contributed by atoms with van der Waals surface area (Å²) in [5.41, 5.74) is -0.0723. The molecule has 1 aliphatic carbocycles. The van der Waals surface area contributed by atoms with Crippen molar-refractivity contribution >= 4 is 5.97 Å². The van der Waals surface area contributed by atoms with E-state index in [1.54, 1.807) is 0 Å². The summed E-state index contributed by atoms with van der Waals surface area (Å²) in [4.78, 5) is 13.1. The molecule has 1 aliphatic rings. The van der Waals surface area contributed by atoms with E-state index < -0.39 is 0 Å². The van der Waals surface area contributed by atoms with Gasteiger partial charge in [-0.05, 0) is 49.9 Å². The van der Waals surface area contributed by atoms with Crippen LogP contribution in [0, 0.1) is 16.7 Å². The molecule has 0 aromatic heterocycles. The summed E-state index contributed by atoms with van der Waals surface area (Å²) in [7, 11) is 0. The molecular formula is C21H40O2. The summed E-state index contributed by atoms with van der Waals surface area (Å²) in [6, 6.07) is 0. The molecule has 0 amide bonds. The minimum absolute atomic E-state index is 0.00931. The summed E-state index contributed by atoms with van der Waals surface area (Å²) in [6.07, 6.45) is 9.98. The highest BCUT2D eigenvalue weighted by Gasteiger charge is 2.41. The third-order valence-corrected chi connectivity index (χ3v) is 6.36. The smallest absolute Gasteiger partial charge is 0.310 e. The van der Waals surface area contributed by atoms with Gasteiger partial charge in [-0.2, -0.15) is 0 Å². The monoisotopic (exact) mass is 324 g/mol. The average Bonchev–Trinajstić information content (AvgIpc) is 2.69. The second-order valence-corrected chi connectivity index (χ2v) is 9.40. The minimum Gasteiger partial charge on any atom is -0.459 e. The number of carbonyl (C=O) groups is 1. The maximum absolute atomic E-state index is 13.1. The number of rotatable bonds is 7. The quantitative estimate of drug-likeness (QED) is 0.393. The molecule has 0 bridgehead atoms. The summed E-state index contributed by atoms with van der Waals surface area (Å²) in [6.45, 7) is 15.5. The van der Waals surface area contributed by atoms with Crippen LogP contribution in [0.4, 0.5) is 0 Å². The molecule has 1 saturated carbocycles. The molecule has 0 radical (unpaired) electrons. The Balaban J connectivity index is 2.90. The van der Waals surface area contributed by atoms with Gasteiger partial charge in [0, 0.05) is 0 Å². The van der Waals surface area contributed by atoms with Crippen LogP contribution in [0.5, 0.6) is 0 Å². The van der Waals surface area contributed by atoms with Crippen LogP contribution in [0.15, 0.2) is 0 Å². The summed E-state index contributed by atoms with van der Waals surface area (Å²) < 4.78 is 6.16.